The average Bonchev–Trinajstić information content (AvgIpc) is 2.16. The van der Waals surface area contributed by atoms with Crippen LogP contribution in [0.3, 0.4) is 0 Å². The summed E-state index contributed by atoms with van der Waals surface area (Å²) in [4.78, 5) is 25.2. The lowest BCUT2D eigenvalue weighted by molar-refractivity contribution is -0.137. The van der Waals surface area contributed by atoms with E-state index in [0.717, 1.165) is 12.3 Å². The number of carboxylic acids is 1. The molecular formula is C10H11FN2O3. The first-order chi connectivity index (χ1) is 7.49. The van der Waals surface area contributed by atoms with Crippen LogP contribution in [0.2, 0.25) is 0 Å². The number of pyridine rings is 1. The Morgan fingerprint density at radius 3 is 2.75 bits per heavy atom. The molecule has 86 valence electrons. The van der Waals surface area contributed by atoms with Gasteiger partial charge in [0, 0.05) is 12.2 Å². The van der Waals surface area contributed by atoms with E-state index in [-0.39, 0.29) is 12.0 Å². The van der Waals surface area contributed by atoms with Gasteiger partial charge in [-0.2, -0.15) is 4.39 Å². The molecule has 1 aromatic rings. The molecule has 1 amide bonds. The first-order valence-corrected chi connectivity index (χ1v) is 4.63. The number of hydrogen-bond acceptors (Lipinski definition) is 3. The van der Waals surface area contributed by atoms with E-state index in [1.54, 1.807) is 6.92 Å². The monoisotopic (exact) mass is 226 g/mol. The highest BCUT2D eigenvalue weighted by Crippen LogP contribution is 2.00. The fraction of sp³-hybridized carbons (Fsp3) is 0.300. The van der Waals surface area contributed by atoms with Crippen LogP contribution in [0.5, 0.6) is 0 Å². The van der Waals surface area contributed by atoms with E-state index in [0.29, 0.717) is 0 Å². The van der Waals surface area contributed by atoms with Crippen molar-refractivity contribution in [1.82, 2.24) is 10.3 Å². The normalized spacial score (nSPS) is 11.9. The highest BCUT2D eigenvalue weighted by atomic mass is 19.1. The highest BCUT2D eigenvalue weighted by molar-refractivity contribution is 5.94. The average molecular weight is 226 g/mol. The molecule has 0 saturated carbocycles. The molecule has 1 aromatic heterocycles. The van der Waals surface area contributed by atoms with E-state index < -0.39 is 23.9 Å². The summed E-state index contributed by atoms with van der Waals surface area (Å²) in [6.07, 6.45) is 0.929. The predicted octanol–water partition coefficient (Wildman–Crippen LogP) is 0.814. The van der Waals surface area contributed by atoms with Crippen molar-refractivity contribution < 1.29 is 19.1 Å². The summed E-state index contributed by atoms with van der Waals surface area (Å²) >= 11 is 0. The summed E-state index contributed by atoms with van der Waals surface area (Å²) in [5.41, 5.74) is 0.193. The Hall–Kier alpha value is -1.98. The molecule has 2 N–H and O–H groups in total. The van der Waals surface area contributed by atoms with Crippen LogP contribution < -0.4 is 5.32 Å². The molecule has 0 aliphatic heterocycles. The Kier molecular flexibility index (Phi) is 3.93. The van der Waals surface area contributed by atoms with E-state index in [4.69, 9.17) is 5.11 Å². The van der Waals surface area contributed by atoms with Crippen LogP contribution >= 0.6 is 0 Å². The third kappa shape index (κ3) is 3.64. The summed E-state index contributed by atoms with van der Waals surface area (Å²) in [5.74, 6) is -2.14. The molecule has 0 spiro atoms. The quantitative estimate of drug-likeness (QED) is 0.745. The minimum Gasteiger partial charge on any atom is -0.481 e. The number of hydrogen-bond donors (Lipinski definition) is 2. The second-order valence-corrected chi connectivity index (χ2v) is 3.34. The minimum absolute atomic E-state index is 0.166. The lowest BCUT2D eigenvalue weighted by atomic mass is 10.2. The molecule has 1 unspecified atom stereocenters. The molecule has 0 aliphatic carbocycles. The van der Waals surface area contributed by atoms with Crippen molar-refractivity contribution in [1.29, 1.82) is 0 Å². The van der Waals surface area contributed by atoms with Gasteiger partial charge in [0.05, 0.1) is 12.0 Å². The van der Waals surface area contributed by atoms with E-state index in [1.807, 2.05) is 0 Å². The lowest BCUT2D eigenvalue weighted by Crippen LogP contribution is -2.34. The van der Waals surface area contributed by atoms with Crippen molar-refractivity contribution in [3.63, 3.8) is 0 Å². The van der Waals surface area contributed by atoms with Gasteiger partial charge in [0.25, 0.3) is 5.91 Å². The fourth-order valence-electron chi connectivity index (χ4n) is 1.13. The Morgan fingerprint density at radius 2 is 2.25 bits per heavy atom. The van der Waals surface area contributed by atoms with Gasteiger partial charge in [0.1, 0.15) is 0 Å². The fourth-order valence-corrected chi connectivity index (χ4v) is 1.13. The summed E-state index contributed by atoms with van der Waals surface area (Å²) < 4.78 is 12.5. The number of nitrogens with one attached hydrogen (secondary N) is 1. The molecule has 0 radical (unpaired) electrons. The summed E-state index contributed by atoms with van der Waals surface area (Å²) in [5, 5.41) is 11.0. The minimum atomic E-state index is -0.995. The molecule has 1 rings (SSSR count). The Balaban J connectivity index is 2.58. The molecule has 1 atom stereocenters. The molecule has 0 saturated heterocycles. The SMILES string of the molecule is CC(CC(=O)O)NC(=O)c1ccc(F)nc1. The molecule has 5 nitrogen and oxygen atoms in total. The summed E-state index contributed by atoms with van der Waals surface area (Å²) in [6.45, 7) is 1.57. The third-order valence-electron chi connectivity index (χ3n) is 1.85. The van der Waals surface area contributed by atoms with E-state index >= 15 is 0 Å². The number of carboxylic acid groups (broad SMARTS) is 1. The maximum atomic E-state index is 12.5. The standard InChI is InChI=1S/C10H11FN2O3/c1-6(4-9(14)15)13-10(16)7-2-3-8(11)12-5-7/h2-3,5-6H,4H2,1H3,(H,13,16)(H,14,15). The van der Waals surface area contributed by atoms with Crippen molar-refractivity contribution in [2.75, 3.05) is 0 Å². The molecule has 0 aromatic carbocycles. The Morgan fingerprint density at radius 1 is 1.56 bits per heavy atom. The van der Waals surface area contributed by atoms with Gasteiger partial charge in [-0.15, -0.1) is 0 Å². The molecule has 0 bridgehead atoms. The number of nitrogens with zero attached hydrogens (tertiary/aromatic N) is 1. The highest BCUT2D eigenvalue weighted by Gasteiger charge is 2.12. The van der Waals surface area contributed by atoms with Crippen molar-refractivity contribution in [3.05, 3.63) is 29.8 Å². The maximum Gasteiger partial charge on any atom is 0.305 e. The van der Waals surface area contributed by atoms with E-state index in [9.17, 15) is 14.0 Å². The van der Waals surface area contributed by atoms with Crippen LogP contribution in [0.1, 0.15) is 23.7 Å². The number of aliphatic carboxylic acids is 1. The van der Waals surface area contributed by atoms with Crippen molar-refractivity contribution in [2.45, 2.75) is 19.4 Å². The zero-order valence-corrected chi connectivity index (χ0v) is 8.61. The van der Waals surface area contributed by atoms with Crippen LogP contribution in [-0.4, -0.2) is 28.0 Å². The van der Waals surface area contributed by atoms with Crippen LogP contribution in [0.15, 0.2) is 18.3 Å². The number of carbonyl (C=O) groups excluding carboxylic acids is 1. The molecule has 0 fully saturated rings. The molecule has 1 heterocycles. The van der Waals surface area contributed by atoms with Crippen LogP contribution in [0.4, 0.5) is 4.39 Å². The molecule has 6 heteroatoms. The van der Waals surface area contributed by atoms with E-state index in [2.05, 4.69) is 10.3 Å². The first kappa shape index (κ1) is 12.1. The second-order valence-electron chi connectivity index (χ2n) is 3.34. The molecule has 16 heavy (non-hydrogen) atoms. The lowest BCUT2D eigenvalue weighted by Gasteiger charge is -2.10. The topological polar surface area (TPSA) is 79.3 Å². The molecular weight excluding hydrogens is 215 g/mol. The number of aromatic nitrogens is 1. The summed E-state index contributed by atoms with van der Waals surface area (Å²) in [7, 11) is 0. The first-order valence-electron chi connectivity index (χ1n) is 4.63. The van der Waals surface area contributed by atoms with Crippen LogP contribution in [-0.2, 0) is 4.79 Å². The van der Waals surface area contributed by atoms with E-state index in [1.165, 1.54) is 6.07 Å². The number of amides is 1. The smallest absolute Gasteiger partial charge is 0.305 e. The van der Waals surface area contributed by atoms with Gasteiger partial charge in [-0.3, -0.25) is 9.59 Å². The van der Waals surface area contributed by atoms with Gasteiger partial charge in [0.15, 0.2) is 0 Å². The predicted molar refractivity (Wildman–Crippen MR) is 53.4 cm³/mol. The van der Waals surface area contributed by atoms with Gasteiger partial charge in [0.2, 0.25) is 5.95 Å². The number of halogens is 1. The van der Waals surface area contributed by atoms with Gasteiger partial charge < -0.3 is 10.4 Å². The van der Waals surface area contributed by atoms with Gasteiger partial charge in [-0.1, -0.05) is 0 Å². The largest absolute Gasteiger partial charge is 0.481 e. The molecule has 0 aliphatic rings. The van der Waals surface area contributed by atoms with Gasteiger partial charge in [-0.05, 0) is 19.1 Å². The van der Waals surface area contributed by atoms with Crippen molar-refractivity contribution >= 4 is 11.9 Å². The van der Waals surface area contributed by atoms with Gasteiger partial charge >= 0.3 is 5.97 Å². The zero-order valence-electron chi connectivity index (χ0n) is 8.61. The second kappa shape index (κ2) is 5.20. The van der Waals surface area contributed by atoms with Crippen molar-refractivity contribution in [2.24, 2.45) is 0 Å². The van der Waals surface area contributed by atoms with Crippen LogP contribution in [0.25, 0.3) is 0 Å². The summed E-state index contributed by atoms with van der Waals surface area (Å²) in [6, 6.07) is 1.86. The zero-order chi connectivity index (χ0) is 12.1. The maximum absolute atomic E-state index is 12.5. The van der Waals surface area contributed by atoms with Crippen molar-refractivity contribution in [3.8, 4) is 0 Å². The van der Waals surface area contributed by atoms with Gasteiger partial charge in [-0.25, -0.2) is 4.98 Å². The number of rotatable bonds is 4. The Labute approximate surface area is 91.3 Å². The number of carbonyl (C=O) groups is 2. The van der Waals surface area contributed by atoms with Crippen LogP contribution in [0, 0.1) is 5.95 Å². The Bertz CT molecular complexity index is 392. The third-order valence-corrected chi connectivity index (χ3v) is 1.85.